The predicted molar refractivity (Wildman–Crippen MR) is 103 cm³/mol. The van der Waals surface area contributed by atoms with Crippen molar-refractivity contribution in [1.29, 1.82) is 0 Å². The molecule has 0 heterocycles. The number of amides is 1. The van der Waals surface area contributed by atoms with Crippen molar-refractivity contribution in [3.63, 3.8) is 0 Å². The molecule has 1 amide bonds. The van der Waals surface area contributed by atoms with Gasteiger partial charge in [-0.1, -0.05) is 54.6 Å². The van der Waals surface area contributed by atoms with E-state index < -0.39 is 5.97 Å². The summed E-state index contributed by atoms with van der Waals surface area (Å²) >= 11 is 0. The first-order chi connectivity index (χ1) is 12.6. The summed E-state index contributed by atoms with van der Waals surface area (Å²) in [6, 6.07) is 19.0. The van der Waals surface area contributed by atoms with Crippen LogP contribution in [0.2, 0.25) is 0 Å². The number of aliphatic carboxylic acids is 1. The summed E-state index contributed by atoms with van der Waals surface area (Å²) in [5.41, 5.74) is 1.07. The number of carboxylic acid groups (broad SMARTS) is 1. The normalized spacial score (nSPS) is 11.4. The van der Waals surface area contributed by atoms with Crippen LogP contribution in [0, 0.1) is 0 Å². The van der Waals surface area contributed by atoms with Gasteiger partial charge in [-0.2, -0.15) is 0 Å². The Labute approximate surface area is 150 Å². The van der Waals surface area contributed by atoms with Gasteiger partial charge >= 0.3 is 5.97 Å². The third-order valence-electron chi connectivity index (χ3n) is 4.89. The molecule has 0 atom stereocenters. The number of carbonyl (C=O) groups is 2. The second-order valence-electron chi connectivity index (χ2n) is 6.60. The van der Waals surface area contributed by atoms with Crippen molar-refractivity contribution in [1.82, 2.24) is 5.32 Å². The Morgan fingerprint density at radius 3 is 2.19 bits per heavy atom. The predicted octanol–water partition coefficient (Wildman–Crippen LogP) is 4.46. The first-order valence-corrected chi connectivity index (χ1v) is 8.77. The van der Waals surface area contributed by atoms with E-state index >= 15 is 0 Å². The molecule has 0 saturated heterocycles. The summed E-state index contributed by atoms with van der Waals surface area (Å²) in [4.78, 5) is 22.5. The number of carboxylic acids is 1. The summed E-state index contributed by atoms with van der Waals surface area (Å²) in [6.45, 7) is 0.445. The van der Waals surface area contributed by atoms with E-state index in [0.29, 0.717) is 13.0 Å². The monoisotopic (exact) mass is 345 g/mol. The highest BCUT2D eigenvalue weighted by molar-refractivity contribution is 6.23. The maximum atomic E-state index is 12.0. The van der Waals surface area contributed by atoms with Crippen LogP contribution in [-0.4, -0.2) is 17.0 Å². The molecule has 0 aliphatic heterocycles. The second-order valence-corrected chi connectivity index (χ2v) is 6.60. The SMILES string of the molecule is O=C(O)CCCC(=O)NCc1ccc2ccc3cccc4ccc1c2c34. The Morgan fingerprint density at radius 2 is 1.46 bits per heavy atom. The van der Waals surface area contributed by atoms with Gasteiger partial charge in [0.15, 0.2) is 0 Å². The minimum atomic E-state index is -0.871. The number of rotatable bonds is 6. The Kier molecular flexibility index (Phi) is 4.17. The van der Waals surface area contributed by atoms with Gasteiger partial charge in [0.05, 0.1) is 0 Å². The molecule has 0 aliphatic carbocycles. The molecule has 0 unspecified atom stereocenters. The molecule has 0 saturated carbocycles. The Balaban J connectivity index is 1.64. The fourth-order valence-corrected chi connectivity index (χ4v) is 3.63. The number of hydrogen-bond donors (Lipinski definition) is 2. The van der Waals surface area contributed by atoms with Crippen LogP contribution in [0.5, 0.6) is 0 Å². The highest BCUT2D eigenvalue weighted by atomic mass is 16.4. The third-order valence-corrected chi connectivity index (χ3v) is 4.89. The van der Waals surface area contributed by atoms with Gasteiger partial charge in [-0.05, 0) is 44.3 Å². The van der Waals surface area contributed by atoms with E-state index in [1.54, 1.807) is 0 Å². The van der Waals surface area contributed by atoms with Crippen LogP contribution in [-0.2, 0) is 16.1 Å². The van der Waals surface area contributed by atoms with Crippen molar-refractivity contribution < 1.29 is 14.7 Å². The summed E-state index contributed by atoms with van der Waals surface area (Å²) in [5, 5.41) is 18.8. The summed E-state index contributed by atoms with van der Waals surface area (Å²) in [5.74, 6) is -0.985. The summed E-state index contributed by atoms with van der Waals surface area (Å²) in [6.07, 6.45) is 0.615. The highest BCUT2D eigenvalue weighted by Crippen LogP contribution is 2.35. The molecule has 4 aromatic carbocycles. The van der Waals surface area contributed by atoms with Crippen LogP contribution < -0.4 is 5.32 Å². The van der Waals surface area contributed by atoms with Gasteiger partial charge in [0.1, 0.15) is 0 Å². The van der Waals surface area contributed by atoms with Gasteiger partial charge < -0.3 is 10.4 Å². The van der Waals surface area contributed by atoms with Crippen LogP contribution in [0.25, 0.3) is 32.3 Å². The first kappa shape index (κ1) is 16.3. The zero-order valence-corrected chi connectivity index (χ0v) is 14.3. The van der Waals surface area contributed by atoms with Gasteiger partial charge in [-0.25, -0.2) is 0 Å². The van der Waals surface area contributed by atoms with E-state index in [4.69, 9.17) is 5.11 Å². The van der Waals surface area contributed by atoms with E-state index in [0.717, 1.165) is 10.9 Å². The summed E-state index contributed by atoms with van der Waals surface area (Å²) < 4.78 is 0. The van der Waals surface area contributed by atoms with Crippen molar-refractivity contribution in [2.75, 3.05) is 0 Å². The lowest BCUT2D eigenvalue weighted by atomic mass is 9.92. The summed E-state index contributed by atoms with van der Waals surface area (Å²) in [7, 11) is 0. The van der Waals surface area contributed by atoms with Gasteiger partial charge in [0.2, 0.25) is 5.91 Å². The van der Waals surface area contributed by atoms with E-state index in [9.17, 15) is 9.59 Å². The van der Waals surface area contributed by atoms with E-state index in [1.807, 2.05) is 0 Å². The molecular formula is C22H19NO3. The fraction of sp³-hybridized carbons (Fsp3) is 0.182. The minimum absolute atomic E-state index is 0.0200. The molecular weight excluding hydrogens is 326 g/mol. The van der Waals surface area contributed by atoms with Crippen LogP contribution in [0.3, 0.4) is 0 Å². The van der Waals surface area contributed by atoms with Crippen molar-refractivity contribution in [3.8, 4) is 0 Å². The average molecular weight is 345 g/mol. The molecule has 130 valence electrons. The highest BCUT2D eigenvalue weighted by Gasteiger charge is 2.11. The molecule has 2 N–H and O–H groups in total. The maximum Gasteiger partial charge on any atom is 0.303 e. The molecule has 0 spiro atoms. The minimum Gasteiger partial charge on any atom is -0.481 e. The van der Waals surface area contributed by atoms with E-state index in [1.165, 1.54) is 26.9 Å². The van der Waals surface area contributed by atoms with E-state index in [-0.39, 0.29) is 18.7 Å². The van der Waals surface area contributed by atoms with Crippen LogP contribution in [0.1, 0.15) is 24.8 Å². The third kappa shape index (κ3) is 2.94. The molecule has 0 aromatic heterocycles. The van der Waals surface area contributed by atoms with Crippen LogP contribution in [0.15, 0.2) is 54.6 Å². The number of nitrogens with one attached hydrogen (secondary N) is 1. The van der Waals surface area contributed by atoms with Crippen LogP contribution in [0.4, 0.5) is 0 Å². The molecule has 4 nitrogen and oxygen atoms in total. The number of hydrogen-bond acceptors (Lipinski definition) is 2. The maximum absolute atomic E-state index is 12.0. The van der Waals surface area contributed by atoms with E-state index in [2.05, 4.69) is 59.9 Å². The number of carbonyl (C=O) groups excluding carboxylic acids is 1. The van der Waals surface area contributed by atoms with Crippen molar-refractivity contribution in [2.24, 2.45) is 0 Å². The van der Waals surface area contributed by atoms with Crippen LogP contribution >= 0.6 is 0 Å². The zero-order valence-electron chi connectivity index (χ0n) is 14.3. The molecule has 4 aromatic rings. The largest absolute Gasteiger partial charge is 0.481 e. The lowest BCUT2D eigenvalue weighted by Gasteiger charge is -2.14. The van der Waals surface area contributed by atoms with Crippen molar-refractivity contribution in [3.05, 3.63) is 60.2 Å². The number of benzene rings is 4. The quantitative estimate of drug-likeness (QED) is 0.507. The average Bonchev–Trinajstić information content (AvgIpc) is 2.64. The second kappa shape index (κ2) is 6.64. The molecule has 0 aliphatic rings. The molecule has 26 heavy (non-hydrogen) atoms. The molecule has 4 heteroatoms. The van der Waals surface area contributed by atoms with Gasteiger partial charge in [-0.3, -0.25) is 9.59 Å². The molecule has 4 rings (SSSR count). The van der Waals surface area contributed by atoms with Gasteiger partial charge in [-0.15, -0.1) is 0 Å². The molecule has 0 fully saturated rings. The Morgan fingerprint density at radius 1 is 0.808 bits per heavy atom. The molecule has 0 bridgehead atoms. The Bertz CT molecular complexity index is 1100. The zero-order chi connectivity index (χ0) is 18.1. The lowest BCUT2D eigenvalue weighted by Crippen LogP contribution is -2.22. The van der Waals surface area contributed by atoms with Crippen molar-refractivity contribution in [2.45, 2.75) is 25.8 Å². The smallest absolute Gasteiger partial charge is 0.303 e. The Hall–Kier alpha value is -3.14. The first-order valence-electron chi connectivity index (χ1n) is 8.77. The standard InChI is InChI=1S/C22H19NO3/c24-19(5-2-6-20(25)26)23-13-17-10-9-16-8-7-14-3-1-4-15-11-12-18(17)22(16)21(14)15/h1,3-4,7-12H,2,5-6,13H2,(H,23,24)(H,25,26). The lowest BCUT2D eigenvalue weighted by molar-refractivity contribution is -0.137. The van der Waals surface area contributed by atoms with Gasteiger partial charge in [0.25, 0.3) is 0 Å². The van der Waals surface area contributed by atoms with Gasteiger partial charge in [0, 0.05) is 19.4 Å². The fourth-order valence-electron chi connectivity index (χ4n) is 3.63. The topological polar surface area (TPSA) is 66.4 Å². The molecule has 0 radical (unpaired) electrons. The van der Waals surface area contributed by atoms with Crippen molar-refractivity contribution >= 4 is 44.2 Å².